The zero-order valence-electron chi connectivity index (χ0n) is 18.8. The van der Waals surface area contributed by atoms with Gasteiger partial charge < -0.3 is 4.57 Å². The van der Waals surface area contributed by atoms with Crippen LogP contribution < -0.4 is 0 Å². The fourth-order valence-electron chi connectivity index (χ4n) is 4.71. The first-order chi connectivity index (χ1) is 14.3. The standard InChI is InChI=1S/C26H41NS2/c1-3-5-7-9-10-11-12-14-16-22(15-13-8-6-4-2)21-27-23-17-19-28-25(23)26-24(27)18-20-29-26/h17-20,22H,3-16,21H2,1-2H3. The molecule has 0 N–H and O–H groups in total. The van der Waals surface area contributed by atoms with Crippen molar-refractivity contribution in [1.29, 1.82) is 0 Å². The SMILES string of the molecule is CCCCCCCCCCC(CCCCCC)Cn1c2ccsc2c2sccc21. The molecule has 0 spiro atoms. The van der Waals surface area contributed by atoms with Gasteiger partial charge in [0.05, 0.1) is 20.4 Å². The molecule has 0 fully saturated rings. The van der Waals surface area contributed by atoms with Crippen LogP contribution in [0.3, 0.4) is 0 Å². The molecular formula is C26H41NS2. The number of nitrogens with zero attached hydrogens (tertiary/aromatic N) is 1. The number of aromatic nitrogens is 1. The van der Waals surface area contributed by atoms with Crippen LogP contribution in [0.1, 0.15) is 104 Å². The lowest BCUT2D eigenvalue weighted by Crippen LogP contribution is -2.11. The van der Waals surface area contributed by atoms with Gasteiger partial charge in [-0.15, -0.1) is 22.7 Å². The van der Waals surface area contributed by atoms with E-state index in [2.05, 4.69) is 41.3 Å². The lowest BCUT2D eigenvalue weighted by atomic mass is 9.94. The summed E-state index contributed by atoms with van der Waals surface area (Å²) in [4.78, 5) is 0. The van der Waals surface area contributed by atoms with E-state index in [1.165, 1.54) is 117 Å². The van der Waals surface area contributed by atoms with E-state index in [1.807, 2.05) is 22.7 Å². The third kappa shape index (κ3) is 6.59. The van der Waals surface area contributed by atoms with Crippen LogP contribution in [-0.2, 0) is 6.54 Å². The Labute approximate surface area is 186 Å². The highest BCUT2D eigenvalue weighted by Crippen LogP contribution is 2.37. The smallest absolute Gasteiger partial charge is 0.0700 e. The number of thiophene rings is 2. The van der Waals surface area contributed by atoms with Crippen LogP contribution in [0.25, 0.3) is 20.4 Å². The molecule has 29 heavy (non-hydrogen) atoms. The van der Waals surface area contributed by atoms with Gasteiger partial charge in [-0.1, -0.05) is 90.9 Å². The molecule has 0 aliphatic carbocycles. The van der Waals surface area contributed by atoms with Crippen LogP contribution in [-0.4, -0.2) is 4.57 Å². The summed E-state index contributed by atoms with van der Waals surface area (Å²) < 4.78 is 5.66. The van der Waals surface area contributed by atoms with Gasteiger partial charge in [0.15, 0.2) is 0 Å². The Morgan fingerprint density at radius 1 is 0.655 bits per heavy atom. The summed E-state index contributed by atoms with van der Waals surface area (Å²) in [6.45, 7) is 5.84. The Balaban J connectivity index is 1.54. The van der Waals surface area contributed by atoms with Gasteiger partial charge in [0.1, 0.15) is 0 Å². The molecular weight excluding hydrogens is 390 g/mol. The van der Waals surface area contributed by atoms with Gasteiger partial charge in [0, 0.05) is 6.54 Å². The largest absolute Gasteiger partial charge is 0.339 e. The monoisotopic (exact) mass is 431 g/mol. The highest BCUT2D eigenvalue weighted by molar-refractivity contribution is 7.25. The Bertz CT molecular complexity index is 761. The van der Waals surface area contributed by atoms with Crippen molar-refractivity contribution in [3.05, 3.63) is 22.9 Å². The first kappa shape index (κ1) is 22.9. The minimum absolute atomic E-state index is 0.838. The predicted octanol–water partition coefficient (Wildman–Crippen LogP) is 10.0. The minimum Gasteiger partial charge on any atom is -0.339 e. The molecule has 0 saturated carbocycles. The van der Waals surface area contributed by atoms with Crippen molar-refractivity contribution in [2.75, 3.05) is 0 Å². The third-order valence-corrected chi connectivity index (χ3v) is 8.42. The van der Waals surface area contributed by atoms with Gasteiger partial charge in [-0.25, -0.2) is 0 Å². The van der Waals surface area contributed by atoms with Crippen molar-refractivity contribution in [2.24, 2.45) is 5.92 Å². The summed E-state index contributed by atoms with van der Waals surface area (Å²) >= 11 is 3.83. The third-order valence-electron chi connectivity index (χ3n) is 6.45. The zero-order chi connectivity index (χ0) is 20.3. The van der Waals surface area contributed by atoms with Crippen molar-refractivity contribution >= 4 is 43.1 Å². The normalized spacial score (nSPS) is 13.0. The van der Waals surface area contributed by atoms with Crippen molar-refractivity contribution in [2.45, 2.75) is 110 Å². The summed E-state index contributed by atoms with van der Waals surface area (Å²) in [6, 6.07) is 4.69. The number of hydrogen-bond donors (Lipinski definition) is 0. The summed E-state index contributed by atoms with van der Waals surface area (Å²) in [5.74, 6) is 0.838. The summed E-state index contributed by atoms with van der Waals surface area (Å²) in [5.41, 5.74) is 2.96. The van der Waals surface area contributed by atoms with Crippen LogP contribution in [0.4, 0.5) is 0 Å². The molecule has 162 valence electrons. The zero-order valence-corrected chi connectivity index (χ0v) is 20.4. The average Bonchev–Trinajstić information content (AvgIpc) is 3.43. The van der Waals surface area contributed by atoms with Gasteiger partial charge in [-0.3, -0.25) is 0 Å². The summed E-state index contributed by atoms with van der Waals surface area (Å²) in [5, 5.41) is 4.55. The Kier molecular flexibility index (Phi) is 10.1. The molecule has 0 aliphatic heterocycles. The maximum Gasteiger partial charge on any atom is 0.0700 e. The fraction of sp³-hybridized carbons (Fsp3) is 0.692. The Hall–Kier alpha value is -0.800. The van der Waals surface area contributed by atoms with Crippen LogP contribution in [0.5, 0.6) is 0 Å². The lowest BCUT2D eigenvalue weighted by molar-refractivity contribution is 0.365. The first-order valence-electron chi connectivity index (χ1n) is 12.3. The Morgan fingerprint density at radius 2 is 1.10 bits per heavy atom. The van der Waals surface area contributed by atoms with Crippen molar-refractivity contribution in [1.82, 2.24) is 4.57 Å². The first-order valence-corrected chi connectivity index (χ1v) is 14.0. The average molecular weight is 432 g/mol. The lowest BCUT2D eigenvalue weighted by Gasteiger charge is -2.19. The molecule has 0 aromatic carbocycles. The fourth-order valence-corrected chi connectivity index (χ4v) is 6.68. The van der Waals surface area contributed by atoms with E-state index in [1.54, 1.807) is 0 Å². The number of fused-ring (bicyclic) bond motifs is 3. The molecule has 3 aromatic heterocycles. The van der Waals surface area contributed by atoms with E-state index in [4.69, 9.17) is 0 Å². The molecule has 1 atom stereocenters. The maximum absolute atomic E-state index is 2.65. The molecule has 3 rings (SSSR count). The van der Waals surface area contributed by atoms with E-state index in [0.29, 0.717) is 0 Å². The van der Waals surface area contributed by atoms with E-state index in [9.17, 15) is 0 Å². The molecule has 3 aromatic rings. The van der Waals surface area contributed by atoms with E-state index < -0.39 is 0 Å². The topological polar surface area (TPSA) is 4.93 Å². The van der Waals surface area contributed by atoms with Crippen LogP contribution in [0, 0.1) is 5.92 Å². The van der Waals surface area contributed by atoms with Crippen molar-refractivity contribution in [3.8, 4) is 0 Å². The van der Waals surface area contributed by atoms with Crippen molar-refractivity contribution in [3.63, 3.8) is 0 Å². The van der Waals surface area contributed by atoms with Gasteiger partial charge in [0.2, 0.25) is 0 Å². The van der Waals surface area contributed by atoms with Gasteiger partial charge in [-0.05, 0) is 41.7 Å². The maximum atomic E-state index is 2.65. The molecule has 3 heterocycles. The molecule has 1 nitrogen and oxygen atoms in total. The molecule has 3 heteroatoms. The predicted molar refractivity (Wildman–Crippen MR) is 135 cm³/mol. The minimum atomic E-state index is 0.838. The van der Waals surface area contributed by atoms with Gasteiger partial charge >= 0.3 is 0 Å². The second kappa shape index (κ2) is 12.8. The van der Waals surface area contributed by atoms with Gasteiger partial charge in [-0.2, -0.15) is 0 Å². The van der Waals surface area contributed by atoms with E-state index in [0.717, 1.165) is 5.92 Å². The number of rotatable bonds is 16. The molecule has 0 radical (unpaired) electrons. The highest BCUT2D eigenvalue weighted by atomic mass is 32.1. The van der Waals surface area contributed by atoms with E-state index in [-0.39, 0.29) is 0 Å². The Morgan fingerprint density at radius 3 is 1.62 bits per heavy atom. The van der Waals surface area contributed by atoms with Crippen LogP contribution >= 0.6 is 22.7 Å². The highest BCUT2D eigenvalue weighted by Gasteiger charge is 2.17. The molecule has 0 amide bonds. The van der Waals surface area contributed by atoms with Crippen LogP contribution in [0.2, 0.25) is 0 Å². The van der Waals surface area contributed by atoms with Crippen molar-refractivity contribution < 1.29 is 0 Å². The molecule has 0 bridgehead atoms. The van der Waals surface area contributed by atoms with Gasteiger partial charge in [0.25, 0.3) is 0 Å². The van der Waals surface area contributed by atoms with E-state index >= 15 is 0 Å². The molecule has 0 aliphatic rings. The number of hydrogen-bond acceptors (Lipinski definition) is 2. The number of unbranched alkanes of at least 4 members (excludes halogenated alkanes) is 10. The second-order valence-corrected chi connectivity index (χ2v) is 10.7. The second-order valence-electron chi connectivity index (χ2n) is 8.86. The summed E-state index contributed by atoms with van der Waals surface area (Å²) in [6.07, 6.45) is 19.8. The molecule has 1 unspecified atom stereocenters. The molecule has 0 saturated heterocycles. The van der Waals surface area contributed by atoms with Crippen LogP contribution in [0.15, 0.2) is 22.9 Å². The summed E-state index contributed by atoms with van der Waals surface area (Å²) in [7, 11) is 0. The quantitative estimate of drug-likeness (QED) is 0.199.